The van der Waals surface area contributed by atoms with Gasteiger partial charge in [0.15, 0.2) is 0 Å². The molecule has 0 atom stereocenters. The van der Waals surface area contributed by atoms with Gasteiger partial charge in [0.25, 0.3) is 0 Å². The zero-order valence-electron chi connectivity index (χ0n) is 12.8. The van der Waals surface area contributed by atoms with E-state index in [4.69, 9.17) is 16.3 Å². The van der Waals surface area contributed by atoms with Crippen LogP contribution in [0.25, 0.3) is 0 Å². The van der Waals surface area contributed by atoms with E-state index in [9.17, 15) is 9.59 Å². The van der Waals surface area contributed by atoms with E-state index in [0.717, 1.165) is 5.56 Å². The Labute approximate surface area is 139 Å². The second kappa shape index (κ2) is 7.65. The van der Waals surface area contributed by atoms with Crippen molar-refractivity contribution in [1.82, 2.24) is 0 Å². The molecule has 5 nitrogen and oxygen atoms in total. The molecule has 0 heterocycles. The van der Waals surface area contributed by atoms with Crippen LogP contribution in [0, 0.1) is 0 Å². The lowest BCUT2D eigenvalue weighted by Crippen LogP contribution is -2.10. The van der Waals surface area contributed by atoms with Gasteiger partial charge < -0.3 is 14.8 Å². The zero-order valence-corrected chi connectivity index (χ0v) is 13.5. The first-order valence-corrected chi connectivity index (χ1v) is 7.25. The maximum absolute atomic E-state index is 11.7. The number of hydrogen-bond donors (Lipinski definition) is 1. The molecule has 0 aliphatic carbocycles. The monoisotopic (exact) mass is 333 g/mol. The van der Waals surface area contributed by atoms with Gasteiger partial charge in [-0.3, -0.25) is 4.79 Å². The van der Waals surface area contributed by atoms with Crippen LogP contribution in [-0.4, -0.2) is 19.0 Å². The minimum absolute atomic E-state index is 0.157. The highest BCUT2D eigenvalue weighted by molar-refractivity contribution is 6.34. The molecule has 1 amide bonds. The summed E-state index contributed by atoms with van der Waals surface area (Å²) in [6, 6.07) is 12.5. The van der Waals surface area contributed by atoms with E-state index >= 15 is 0 Å². The molecule has 2 aromatic rings. The van der Waals surface area contributed by atoms with E-state index < -0.39 is 5.97 Å². The van der Waals surface area contributed by atoms with Gasteiger partial charge in [0, 0.05) is 13.0 Å². The number of nitrogens with one attached hydrogen (secondary N) is 1. The van der Waals surface area contributed by atoms with Crippen LogP contribution < -0.4 is 10.1 Å². The van der Waals surface area contributed by atoms with Crippen molar-refractivity contribution in [2.75, 3.05) is 12.4 Å². The van der Waals surface area contributed by atoms with Gasteiger partial charge in [-0.2, -0.15) is 0 Å². The lowest BCUT2D eigenvalue weighted by atomic mass is 10.1. The number of amides is 1. The largest absolute Gasteiger partial charge is 0.487 e. The van der Waals surface area contributed by atoms with Gasteiger partial charge in [0.2, 0.25) is 5.91 Å². The molecule has 0 bridgehead atoms. The fraction of sp³-hybridized carbons (Fsp3) is 0.176. The Morgan fingerprint density at radius 3 is 2.48 bits per heavy atom. The third-order valence-electron chi connectivity index (χ3n) is 3.02. The molecule has 0 aliphatic heterocycles. The quantitative estimate of drug-likeness (QED) is 0.848. The van der Waals surface area contributed by atoms with Crippen molar-refractivity contribution < 1.29 is 19.1 Å². The van der Waals surface area contributed by atoms with Crippen LogP contribution in [0.3, 0.4) is 0 Å². The number of esters is 1. The van der Waals surface area contributed by atoms with E-state index in [1.54, 1.807) is 0 Å². The molecule has 0 saturated heterocycles. The van der Waals surface area contributed by atoms with Gasteiger partial charge in [-0.15, -0.1) is 0 Å². The first-order chi connectivity index (χ1) is 11.0. The van der Waals surface area contributed by atoms with Crippen LogP contribution in [-0.2, 0) is 16.1 Å². The average molecular weight is 334 g/mol. The lowest BCUT2D eigenvalue weighted by molar-refractivity contribution is -0.114. The first-order valence-electron chi connectivity index (χ1n) is 6.87. The summed E-state index contributed by atoms with van der Waals surface area (Å²) in [5.41, 5.74) is 1.48. The van der Waals surface area contributed by atoms with Gasteiger partial charge in [0.05, 0.1) is 23.4 Å². The summed E-state index contributed by atoms with van der Waals surface area (Å²) in [5.74, 6) is -0.495. The Balaban J connectivity index is 2.31. The van der Waals surface area contributed by atoms with E-state index in [0.29, 0.717) is 18.0 Å². The third-order valence-corrected chi connectivity index (χ3v) is 3.34. The Bertz CT molecular complexity index is 716. The highest BCUT2D eigenvalue weighted by Crippen LogP contribution is 2.32. The molecule has 2 rings (SSSR count). The number of anilines is 1. The fourth-order valence-corrected chi connectivity index (χ4v) is 2.19. The number of carbonyl (C=O) groups is 2. The van der Waals surface area contributed by atoms with Crippen LogP contribution >= 0.6 is 11.6 Å². The van der Waals surface area contributed by atoms with Gasteiger partial charge in [-0.1, -0.05) is 41.9 Å². The summed E-state index contributed by atoms with van der Waals surface area (Å²) in [6.45, 7) is 1.68. The predicted molar refractivity (Wildman–Crippen MR) is 87.9 cm³/mol. The van der Waals surface area contributed by atoms with Crippen molar-refractivity contribution in [3.63, 3.8) is 0 Å². The molecule has 0 spiro atoms. The minimum Gasteiger partial charge on any atom is -0.487 e. The zero-order chi connectivity index (χ0) is 16.8. The SMILES string of the molecule is COC(=O)c1cc(NC(C)=O)c(OCc2ccccc2)cc1Cl. The molecular formula is C17H16ClNO4. The van der Waals surface area contributed by atoms with Crippen molar-refractivity contribution in [2.45, 2.75) is 13.5 Å². The summed E-state index contributed by atoms with van der Waals surface area (Å²) < 4.78 is 10.4. The number of halogens is 1. The molecule has 0 aliphatic rings. The van der Waals surface area contributed by atoms with Crippen LogP contribution in [0.5, 0.6) is 5.75 Å². The predicted octanol–water partition coefficient (Wildman–Crippen LogP) is 3.66. The minimum atomic E-state index is -0.587. The Morgan fingerprint density at radius 1 is 1.17 bits per heavy atom. The summed E-state index contributed by atoms with van der Waals surface area (Å²) in [4.78, 5) is 23.1. The maximum Gasteiger partial charge on any atom is 0.339 e. The first kappa shape index (κ1) is 16.8. The van der Waals surface area contributed by atoms with Crippen LogP contribution in [0.4, 0.5) is 5.69 Å². The number of methoxy groups -OCH3 is 1. The topological polar surface area (TPSA) is 64.6 Å². The van der Waals surface area contributed by atoms with Crippen LogP contribution in [0.2, 0.25) is 5.02 Å². The molecule has 6 heteroatoms. The highest BCUT2D eigenvalue weighted by Gasteiger charge is 2.17. The average Bonchev–Trinajstić information content (AvgIpc) is 2.54. The Hall–Kier alpha value is -2.53. The summed E-state index contributed by atoms with van der Waals surface area (Å²) in [5, 5.41) is 2.81. The second-order valence-electron chi connectivity index (χ2n) is 4.78. The molecule has 2 aromatic carbocycles. The molecule has 0 aromatic heterocycles. The molecule has 0 unspecified atom stereocenters. The number of hydrogen-bond acceptors (Lipinski definition) is 4. The maximum atomic E-state index is 11.7. The summed E-state index contributed by atoms with van der Waals surface area (Å²) >= 11 is 6.10. The van der Waals surface area contributed by atoms with E-state index in [-0.39, 0.29) is 16.5 Å². The fourth-order valence-electron chi connectivity index (χ4n) is 1.96. The number of ether oxygens (including phenoxy) is 2. The molecule has 0 radical (unpaired) electrons. The van der Waals surface area contributed by atoms with Crippen LogP contribution in [0.1, 0.15) is 22.8 Å². The van der Waals surface area contributed by atoms with Gasteiger partial charge in [0.1, 0.15) is 12.4 Å². The van der Waals surface area contributed by atoms with E-state index in [1.807, 2.05) is 30.3 Å². The molecular weight excluding hydrogens is 318 g/mol. The van der Waals surface area contributed by atoms with Crippen molar-refractivity contribution in [2.24, 2.45) is 0 Å². The Morgan fingerprint density at radius 2 is 1.87 bits per heavy atom. The summed E-state index contributed by atoms with van der Waals surface area (Å²) in [7, 11) is 1.26. The molecule has 23 heavy (non-hydrogen) atoms. The lowest BCUT2D eigenvalue weighted by Gasteiger charge is -2.14. The molecule has 0 fully saturated rings. The van der Waals surface area contributed by atoms with E-state index in [1.165, 1.54) is 26.2 Å². The van der Waals surface area contributed by atoms with Crippen molar-refractivity contribution in [1.29, 1.82) is 0 Å². The number of carbonyl (C=O) groups excluding carboxylic acids is 2. The number of benzene rings is 2. The van der Waals surface area contributed by atoms with E-state index in [2.05, 4.69) is 10.1 Å². The van der Waals surface area contributed by atoms with Gasteiger partial charge >= 0.3 is 5.97 Å². The van der Waals surface area contributed by atoms with Gasteiger partial charge in [-0.25, -0.2) is 4.79 Å². The van der Waals surface area contributed by atoms with Crippen molar-refractivity contribution in [3.8, 4) is 5.75 Å². The molecule has 1 N–H and O–H groups in total. The summed E-state index contributed by atoms with van der Waals surface area (Å²) in [6.07, 6.45) is 0. The highest BCUT2D eigenvalue weighted by atomic mass is 35.5. The normalized spacial score (nSPS) is 10.0. The molecule has 120 valence electrons. The second-order valence-corrected chi connectivity index (χ2v) is 5.18. The number of rotatable bonds is 5. The van der Waals surface area contributed by atoms with Crippen molar-refractivity contribution in [3.05, 3.63) is 58.6 Å². The third kappa shape index (κ3) is 4.47. The van der Waals surface area contributed by atoms with Crippen molar-refractivity contribution >= 4 is 29.2 Å². The smallest absolute Gasteiger partial charge is 0.339 e. The van der Waals surface area contributed by atoms with Gasteiger partial charge in [-0.05, 0) is 11.6 Å². The standard InChI is InChI=1S/C17H16ClNO4/c1-11(20)19-15-8-13(17(21)22-2)14(18)9-16(15)23-10-12-6-4-3-5-7-12/h3-9H,10H2,1-2H3,(H,19,20). The molecule has 0 saturated carbocycles. The Kier molecular flexibility index (Phi) is 5.60. The van der Waals surface area contributed by atoms with Crippen LogP contribution in [0.15, 0.2) is 42.5 Å².